The van der Waals surface area contributed by atoms with Gasteiger partial charge in [-0.1, -0.05) is 31.1 Å². The third kappa shape index (κ3) is 3.55. The Hall–Kier alpha value is -2.04. The fourth-order valence-electron chi connectivity index (χ4n) is 3.58. The Kier molecular flexibility index (Phi) is 5.07. The maximum absolute atomic E-state index is 12.8. The largest absolute Gasteiger partial charge is 0.497 e. The lowest BCUT2D eigenvalue weighted by atomic mass is 10.0. The minimum absolute atomic E-state index is 0.0973. The molecule has 130 valence electrons. The molecule has 0 saturated carbocycles. The highest BCUT2D eigenvalue weighted by Crippen LogP contribution is 2.36. The van der Waals surface area contributed by atoms with Crippen LogP contribution in [0.15, 0.2) is 29.4 Å². The fourth-order valence-corrected chi connectivity index (χ4v) is 3.58. The minimum Gasteiger partial charge on any atom is -0.497 e. The first-order valence-electron chi connectivity index (χ1n) is 8.75. The quantitative estimate of drug-likeness (QED) is 0.829. The highest BCUT2D eigenvalue weighted by atomic mass is 16.6. The van der Waals surface area contributed by atoms with Crippen molar-refractivity contribution in [2.24, 2.45) is 11.1 Å². The highest BCUT2D eigenvalue weighted by molar-refractivity contribution is 5.86. The van der Waals surface area contributed by atoms with E-state index >= 15 is 0 Å². The Morgan fingerprint density at radius 1 is 1.38 bits per heavy atom. The number of carbonyl (C=O) groups is 1. The van der Waals surface area contributed by atoms with Crippen LogP contribution in [0.5, 0.6) is 5.75 Å². The molecular weight excluding hydrogens is 304 g/mol. The molecule has 0 radical (unpaired) electrons. The van der Waals surface area contributed by atoms with Crippen LogP contribution in [0.3, 0.4) is 0 Å². The number of nitrogens with zero attached hydrogens (tertiary/aromatic N) is 2. The number of carbonyl (C=O) groups excluding carboxylic acids is 1. The summed E-state index contributed by atoms with van der Waals surface area (Å²) in [6.07, 6.45) is 2.98. The summed E-state index contributed by atoms with van der Waals surface area (Å²) in [5.41, 5.74) is 2.22. The fraction of sp³-hybridized carbons (Fsp3) is 0.579. The molecule has 3 unspecified atom stereocenters. The van der Waals surface area contributed by atoms with Crippen molar-refractivity contribution in [2.75, 3.05) is 13.7 Å². The van der Waals surface area contributed by atoms with Crippen LogP contribution in [-0.2, 0) is 9.63 Å². The Morgan fingerprint density at radius 3 is 2.75 bits per heavy atom. The number of benzene rings is 1. The van der Waals surface area contributed by atoms with E-state index in [4.69, 9.17) is 9.57 Å². The first-order valence-corrected chi connectivity index (χ1v) is 8.75. The normalized spacial score (nSPS) is 26.2. The monoisotopic (exact) mass is 330 g/mol. The van der Waals surface area contributed by atoms with E-state index in [0.717, 1.165) is 37.3 Å². The molecule has 1 aromatic carbocycles. The van der Waals surface area contributed by atoms with Crippen LogP contribution in [0.1, 0.15) is 51.1 Å². The molecular formula is C19H26N2O3. The number of rotatable bonds is 5. The molecule has 0 N–H and O–H groups in total. The molecule has 3 rings (SSSR count). The van der Waals surface area contributed by atoms with E-state index in [-0.39, 0.29) is 18.1 Å². The molecule has 5 nitrogen and oxygen atoms in total. The van der Waals surface area contributed by atoms with Crippen molar-refractivity contribution in [3.05, 3.63) is 29.8 Å². The maximum atomic E-state index is 12.8. The number of likely N-dealkylation sites (tertiary alicyclic amines) is 1. The van der Waals surface area contributed by atoms with Crippen molar-refractivity contribution < 1.29 is 14.4 Å². The number of hydrogen-bond donors (Lipinski definition) is 0. The number of methoxy groups -OCH3 is 1. The van der Waals surface area contributed by atoms with Gasteiger partial charge in [0.05, 0.1) is 25.3 Å². The lowest BCUT2D eigenvalue weighted by Gasteiger charge is -2.26. The number of hydrogen-bond acceptors (Lipinski definition) is 4. The second-order valence-electron chi connectivity index (χ2n) is 6.82. The van der Waals surface area contributed by atoms with Gasteiger partial charge in [-0.25, -0.2) is 0 Å². The molecule has 1 fully saturated rings. The summed E-state index contributed by atoms with van der Waals surface area (Å²) < 4.78 is 5.23. The Balaban J connectivity index is 1.67. The predicted octanol–water partition coefficient (Wildman–Crippen LogP) is 3.55. The average molecular weight is 330 g/mol. The SMILES string of the molecule is CCC1=NOC(CC(=O)N2CC(C)CC2c2ccc(OC)cc2)C1. The highest BCUT2D eigenvalue weighted by Gasteiger charge is 2.35. The van der Waals surface area contributed by atoms with Crippen molar-refractivity contribution in [3.63, 3.8) is 0 Å². The summed E-state index contributed by atoms with van der Waals surface area (Å²) in [5, 5.41) is 4.06. The van der Waals surface area contributed by atoms with E-state index in [1.807, 2.05) is 17.0 Å². The van der Waals surface area contributed by atoms with E-state index in [0.29, 0.717) is 12.3 Å². The summed E-state index contributed by atoms with van der Waals surface area (Å²) in [6.45, 7) is 5.08. The topological polar surface area (TPSA) is 51.1 Å². The minimum atomic E-state index is -0.0973. The molecule has 24 heavy (non-hydrogen) atoms. The number of ether oxygens (including phenoxy) is 1. The molecule has 5 heteroatoms. The molecule has 0 aliphatic carbocycles. The third-order valence-electron chi connectivity index (χ3n) is 4.94. The van der Waals surface area contributed by atoms with Crippen LogP contribution in [0.25, 0.3) is 0 Å². The van der Waals surface area contributed by atoms with Crippen molar-refractivity contribution in [1.82, 2.24) is 4.90 Å². The standard InChI is InChI=1S/C19H26N2O3/c1-4-15-10-17(24-20-15)11-19(22)21-12-13(2)9-18(21)14-5-7-16(23-3)8-6-14/h5-8,13,17-18H,4,9-12H2,1-3H3. The van der Waals surface area contributed by atoms with Gasteiger partial charge < -0.3 is 14.5 Å². The zero-order valence-corrected chi connectivity index (χ0v) is 14.7. The van der Waals surface area contributed by atoms with Crippen molar-refractivity contribution in [2.45, 2.75) is 51.7 Å². The van der Waals surface area contributed by atoms with Gasteiger partial charge in [0, 0.05) is 13.0 Å². The summed E-state index contributed by atoms with van der Waals surface area (Å²) in [5.74, 6) is 1.51. The molecule has 1 saturated heterocycles. The first kappa shape index (κ1) is 16.8. The predicted molar refractivity (Wildman–Crippen MR) is 93.1 cm³/mol. The molecule has 0 aromatic heterocycles. The van der Waals surface area contributed by atoms with E-state index in [1.54, 1.807) is 7.11 Å². The van der Waals surface area contributed by atoms with Gasteiger partial charge >= 0.3 is 0 Å². The van der Waals surface area contributed by atoms with E-state index < -0.39 is 0 Å². The van der Waals surface area contributed by atoms with E-state index in [2.05, 4.69) is 31.1 Å². The zero-order valence-electron chi connectivity index (χ0n) is 14.7. The smallest absolute Gasteiger partial charge is 0.226 e. The van der Waals surface area contributed by atoms with Gasteiger partial charge in [0.25, 0.3) is 0 Å². The van der Waals surface area contributed by atoms with Gasteiger partial charge in [-0.05, 0) is 36.5 Å². The molecule has 1 aromatic rings. The van der Waals surface area contributed by atoms with Gasteiger partial charge in [-0.2, -0.15) is 0 Å². The van der Waals surface area contributed by atoms with Crippen LogP contribution in [0, 0.1) is 5.92 Å². The van der Waals surface area contributed by atoms with E-state index in [1.165, 1.54) is 5.56 Å². The van der Waals surface area contributed by atoms with Crippen LogP contribution < -0.4 is 4.74 Å². The second-order valence-corrected chi connectivity index (χ2v) is 6.82. The summed E-state index contributed by atoms with van der Waals surface area (Å²) >= 11 is 0. The molecule has 2 heterocycles. The molecule has 2 aliphatic heterocycles. The Labute approximate surface area is 143 Å². The van der Waals surface area contributed by atoms with Gasteiger partial charge in [0.2, 0.25) is 5.91 Å². The van der Waals surface area contributed by atoms with Crippen LogP contribution >= 0.6 is 0 Å². The maximum Gasteiger partial charge on any atom is 0.226 e. The van der Waals surface area contributed by atoms with Gasteiger partial charge in [0.15, 0.2) is 0 Å². The molecule has 0 spiro atoms. The van der Waals surface area contributed by atoms with Crippen molar-refractivity contribution >= 4 is 11.6 Å². The summed E-state index contributed by atoms with van der Waals surface area (Å²) in [6, 6.07) is 8.19. The average Bonchev–Trinajstić information content (AvgIpc) is 3.21. The number of oxime groups is 1. The van der Waals surface area contributed by atoms with Crippen molar-refractivity contribution in [3.8, 4) is 5.75 Å². The Morgan fingerprint density at radius 2 is 2.12 bits per heavy atom. The zero-order chi connectivity index (χ0) is 17.1. The molecule has 2 aliphatic rings. The summed E-state index contributed by atoms with van der Waals surface area (Å²) in [7, 11) is 1.66. The third-order valence-corrected chi connectivity index (χ3v) is 4.94. The molecule has 3 atom stereocenters. The first-order chi connectivity index (χ1) is 11.6. The summed E-state index contributed by atoms with van der Waals surface area (Å²) in [4.78, 5) is 20.2. The lowest BCUT2D eigenvalue weighted by Crippen LogP contribution is -2.33. The van der Waals surface area contributed by atoms with Gasteiger partial charge in [-0.15, -0.1) is 0 Å². The van der Waals surface area contributed by atoms with Crippen molar-refractivity contribution in [1.29, 1.82) is 0 Å². The van der Waals surface area contributed by atoms with Crippen LogP contribution in [-0.4, -0.2) is 36.3 Å². The van der Waals surface area contributed by atoms with Gasteiger partial charge in [-0.3, -0.25) is 4.79 Å². The molecule has 0 bridgehead atoms. The number of amides is 1. The van der Waals surface area contributed by atoms with Crippen LogP contribution in [0.2, 0.25) is 0 Å². The van der Waals surface area contributed by atoms with E-state index in [9.17, 15) is 4.79 Å². The lowest BCUT2D eigenvalue weighted by molar-refractivity contribution is -0.134. The van der Waals surface area contributed by atoms with Crippen LogP contribution in [0.4, 0.5) is 0 Å². The Bertz CT molecular complexity index is 612. The van der Waals surface area contributed by atoms with Gasteiger partial charge in [0.1, 0.15) is 11.9 Å². The molecule has 1 amide bonds. The second kappa shape index (κ2) is 7.24.